The van der Waals surface area contributed by atoms with Gasteiger partial charge in [-0.3, -0.25) is 4.79 Å². The van der Waals surface area contributed by atoms with Crippen LogP contribution in [0.2, 0.25) is 0 Å². The average Bonchev–Trinajstić information content (AvgIpc) is 2.17. The Kier molecular flexibility index (Phi) is 5.97. The van der Waals surface area contributed by atoms with Crippen molar-refractivity contribution in [1.29, 1.82) is 0 Å². The molecule has 0 radical (unpaired) electrons. The van der Waals surface area contributed by atoms with E-state index in [0.717, 1.165) is 0 Å². The molecule has 1 atom stereocenters. The SMILES string of the molecule is CC(CCN)C(=O)c1cccc(N)c1.Cl. The van der Waals surface area contributed by atoms with Crippen molar-refractivity contribution in [2.75, 3.05) is 12.3 Å². The highest BCUT2D eigenvalue weighted by Crippen LogP contribution is 2.13. The van der Waals surface area contributed by atoms with Crippen LogP contribution in [-0.4, -0.2) is 12.3 Å². The van der Waals surface area contributed by atoms with Gasteiger partial charge in [0.05, 0.1) is 0 Å². The molecular formula is C11H17ClN2O. The number of rotatable bonds is 4. The molecule has 15 heavy (non-hydrogen) atoms. The van der Waals surface area contributed by atoms with Gasteiger partial charge in [-0.2, -0.15) is 0 Å². The first-order valence-corrected chi connectivity index (χ1v) is 4.75. The third kappa shape index (κ3) is 3.90. The van der Waals surface area contributed by atoms with Crippen LogP contribution in [0.4, 0.5) is 5.69 Å². The van der Waals surface area contributed by atoms with Gasteiger partial charge in [-0.25, -0.2) is 0 Å². The highest BCUT2D eigenvalue weighted by molar-refractivity contribution is 5.98. The summed E-state index contributed by atoms with van der Waals surface area (Å²) in [5.74, 6) is 0.0875. The summed E-state index contributed by atoms with van der Waals surface area (Å²) < 4.78 is 0. The molecule has 0 aliphatic heterocycles. The lowest BCUT2D eigenvalue weighted by atomic mass is 9.96. The van der Waals surface area contributed by atoms with Crippen molar-refractivity contribution in [3.8, 4) is 0 Å². The van der Waals surface area contributed by atoms with Crippen LogP contribution in [0.25, 0.3) is 0 Å². The Bertz CT molecular complexity index is 328. The van der Waals surface area contributed by atoms with Gasteiger partial charge in [-0.15, -0.1) is 12.4 Å². The Balaban J connectivity index is 0.00000196. The van der Waals surface area contributed by atoms with Crippen molar-refractivity contribution < 1.29 is 4.79 Å². The topological polar surface area (TPSA) is 69.1 Å². The molecule has 0 amide bonds. The highest BCUT2D eigenvalue weighted by atomic mass is 35.5. The van der Waals surface area contributed by atoms with Gasteiger partial charge in [-0.05, 0) is 25.1 Å². The maximum absolute atomic E-state index is 11.8. The van der Waals surface area contributed by atoms with E-state index in [-0.39, 0.29) is 24.1 Å². The number of hydrogen-bond acceptors (Lipinski definition) is 3. The van der Waals surface area contributed by atoms with Gasteiger partial charge < -0.3 is 11.5 Å². The number of Topliss-reactive ketones (excluding diaryl/α,β-unsaturated/α-hetero) is 1. The van der Waals surface area contributed by atoms with Crippen molar-refractivity contribution in [3.63, 3.8) is 0 Å². The molecule has 0 saturated carbocycles. The van der Waals surface area contributed by atoms with E-state index in [1.54, 1.807) is 24.3 Å². The van der Waals surface area contributed by atoms with Gasteiger partial charge in [0.1, 0.15) is 0 Å². The van der Waals surface area contributed by atoms with Gasteiger partial charge in [-0.1, -0.05) is 19.1 Å². The zero-order chi connectivity index (χ0) is 10.6. The van der Waals surface area contributed by atoms with Gasteiger partial charge in [0.15, 0.2) is 5.78 Å². The Morgan fingerprint density at radius 2 is 2.13 bits per heavy atom. The van der Waals surface area contributed by atoms with E-state index in [4.69, 9.17) is 11.5 Å². The molecule has 0 spiro atoms. The first-order valence-electron chi connectivity index (χ1n) is 4.75. The minimum absolute atomic E-state index is 0. The molecule has 4 N–H and O–H groups in total. The fourth-order valence-corrected chi connectivity index (χ4v) is 1.36. The van der Waals surface area contributed by atoms with E-state index in [9.17, 15) is 4.79 Å². The van der Waals surface area contributed by atoms with Gasteiger partial charge in [0.2, 0.25) is 0 Å². The normalized spacial score (nSPS) is 11.6. The molecule has 4 heteroatoms. The molecule has 0 bridgehead atoms. The monoisotopic (exact) mass is 228 g/mol. The Morgan fingerprint density at radius 1 is 1.47 bits per heavy atom. The largest absolute Gasteiger partial charge is 0.399 e. The van der Waals surface area contributed by atoms with Crippen LogP contribution in [0.1, 0.15) is 23.7 Å². The molecule has 84 valence electrons. The van der Waals surface area contributed by atoms with Crippen molar-refractivity contribution in [3.05, 3.63) is 29.8 Å². The van der Waals surface area contributed by atoms with Crippen molar-refractivity contribution >= 4 is 23.9 Å². The van der Waals surface area contributed by atoms with Crippen molar-refractivity contribution in [2.45, 2.75) is 13.3 Å². The predicted molar refractivity (Wildman–Crippen MR) is 65.3 cm³/mol. The lowest BCUT2D eigenvalue weighted by molar-refractivity contribution is 0.0925. The number of benzene rings is 1. The number of carbonyl (C=O) groups is 1. The van der Waals surface area contributed by atoms with Gasteiger partial charge in [0.25, 0.3) is 0 Å². The zero-order valence-electron chi connectivity index (χ0n) is 8.77. The van der Waals surface area contributed by atoms with Gasteiger partial charge in [0, 0.05) is 17.2 Å². The second-order valence-electron chi connectivity index (χ2n) is 3.47. The molecule has 1 unspecified atom stereocenters. The molecule has 0 heterocycles. The summed E-state index contributed by atoms with van der Waals surface area (Å²) in [5.41, 5.74) is 12.3. The fraction of sp³-hybridized carbons (Fsp3) is 0.364. The molecule has 0 aliphatic rings. The van der Waals surface area contributed by atoms with E-state index in [1.165, 1.54) is 0 Å². The molecule has 3 nitrogen and oxygen atoms in total. The van der Waals surface area contributed by atoms with Crippen LogP contribution in [-0.2, 0) is 0 Å². The maximum atomic E-state index is 11.8. The van der Waals surface area contributed by atoms with Crippen molar-refractivity contribution in [1.82, 2.24) is 0 Å². The second kappa shape index (κ2) is 6.43. The minimum atomic E-state index is -0.0261. The van der Waals surface area contributed by atoms with E-state index in [1.807, 2.05) is 6.92 Å². The third-order valence-corrected chi connectivity index (χ3v) is 2.22. The molecule has 1 aromatic rings. The summed E-state index contributed by atoms with van der Waals surface area (Å²) in [6, 6.07) is 7.04. The molecule has 0 fully saturated rings. The quantitative estimate of drug-likeness (QED) is 0.611. The summed E-state index contributed by atoms with van der Waals surface area (Å²) in [4.78, 5) is 11.8. The number of anilines is 1. The number of nitrogen functional groups attached to an aromatic ring is 1. The Hall–Kier alpha value is -1.06. The third-order valence-electron chi connectivity index (χ3n) is 2.22. The lowest BCUT2D eigenvalue weighted by Gasteiger charge is -2.08. The molecule has 0 aliphatic carbocycles. The standard InChI is InChI=1S/C11H16N2O.ClH/c1-8(5-6-12)11(14)9-3-2-4-10(13)7-9;/h2-4,7-8H,5-6,12-13H2,1H3;1H. The van der Waals surface area contributed by atoms with Crippen LogP contribution in [0, 0.1) is 5.92 Å². The summed E-state index contributed by atoms with van der Waals surface area (Å²) in [5, 5.41) is 0. The van der Waals surface area contributed by atoms with Crippen molar-refractivity contribution in [2.24, 2.45) is 11.7 Å². The zero-order valence-corrected chi connectivity index (χ0v) is 9.59. The minimum Gasteiger partial charge on any atom is -0.399 e. The summed E-state index contributed by atoms with van der Waals surface area (Å²) in [6.07, 6.45) is 0.716. The number of ketones is 1. The molecule has 0 saturated heterocycles. The van der Waals surface area contributed by atoms with Gasteiger partial charge >= 0.3 is 0 Å². The summed E-state index contributed by atoms with van der Waals surface area (Å²) >= 11 is 0. The number of halogens is 1. The first-order chi connectivity index (χ1) is 6.65. The summed E-state index contributed by atoms with van der Waals surface area (Å²) in [6.45, 7) is 2.42. The Labute approximate surface area is 96.3 Å². The second-order valence-corrected chi connectivity index (χ2v) is 3.47. The highest BCUT2D eigenvalue weighted by Gasteiger charge is 2.13. The Morgan fingerprint density at radius 3 is 2.67 bits per heavy atom. The van der Waals surface area contributed by atoms with Crippen LogP contribution in [0.5, 0.6) is 0 Å². The van der Waals surface area contributed by atoms with E-state index >= 15 is 0 Å². The van der Waals surface area contributed by atoms with E-state index in [2.05, 4.69) is 0 Å². The number of hydrogen-bond donors (Lipinski definition) is 2. The molecule has 1 aromatic carbocycles. The summed E-state index contributed by atoms with van der Waals surface area (Å²) in [7, 11) is 0. The smallest absolute Gasteiger partial charge is 0.165 e. The average molecular weight is 229 g/mol. The fourth-order valence-electron chi connectivity index (χ4n) is 1.36. The van der Waals surface area contributed by atoms with E-state index in [0.29, 0.717) is 24.2 Å². The van der Waals surface area contributed by atoms with Crippen LogP contribution < -0.4 is 11.5 Å². The van der Waals surface area contributed by atoms with Crippen LogP contribution in [0.15, 0.2) is 24.3 Å². The number of carbonyl (C=O) groups excluding carboxylic acids is 1. The first kappa shape index (κ1) is 13.9. The maximum Gasteiger partial charge on any atom is 0.165 e. The molecule has 1 rings (SSSR count). The molecular weight excluding hydrogens is 212 g/mol. The van der Waals surface area contributed by atoms with E-state index < -0.39 is 0 Å². The predicted octanol–water partition coefficient (Wildman–Crippen LogP) is 1.86. The molecule has 0 aromatic heterocycles. The number of nitrogens with two attached hydrogens (primary N) is 2. The van der Waals surface area contributed by atoms with Crippen LogP contribution >= 0.6 is 12.4 Å². The lowest BCUT2D eigenvalue weighted by Crippen LogP contribution is -2.15. The van der Waals surface area contributed by atoms with Crippen LogP contribution in [0.3, 0.4) is 0 Å².